The fraction of sp³-hybridized carbons (Fsp3) is 0.448. The first-order valence-electron chi connectivity index (χ1n) is 13.7. The Balaban J connectivity index is 1.23. The van der Waals surface area contributed by atoms with E-state index in [4.69, 9.17) is 9.97 Å². The Bertz CT molecular complexity index is 1530. The number of fused-ring (bicyclic) bond motifs is 4. The van der Waals surface area contributed by atoms with Crippen molar-refractivity contribution in [3.63, 3.8) is 0 Å². The van der Waals surface area contributed by atoms with Gasteiger partial charge in [-0.25, -0.2) is 8.42 Å². The maximum Gasteiger partial charge on any atom is 0.211 e. The average Bonchev–Trinajstić information content (AvgIpc) is 3.32. The molecule has 4 aromatic rings. The Hall–Kier alpha value is -2.85. The zero-order valence-corrected chi connectivity index (χ0v) is 22.8. The summed E-state index contributed by atoms with van der Waals surface area (Å²) in [6, 6.07) is 15.1. The topological polar surface area (TPSA) is 85.4 Å². The van der Waals surface area contributed by atoms with Gasteiger partial charge in [0.2, 0.25) is 10.0 Å². The number of pyridine rings is 2. The normalized spacial score (nSPS) is 19.4. The lowest BCUT2D eigenvalue weighted by Gasteiger charge is -2.36. The van der Waals surface area contributed by atoms with E-state index in [-0.39, 0.29) is 6.04 Å². The van der Waals surface area contributed by atoms with Crippen LogP contribution in [0.5, 0.6) is 0 Å². The molecule has 1 aromatic carbocycles. The van der Waals surface area contributed by atoms with Gasteiger partial charge in [0.15, 0.2) is 0 Å². The van der Waals surface area contributed by atoms with Crippen LogP contribution >= 0.6 is 0 Å². The van der Waals surface area contributed by atoms with Gasteiger partial charge in [0.1, 0.15) is 0 Å². The second kappa shape index (κ2) is 10.7. The number of nitrogens with zero attached hydrogens (tertiary/aromatic N) is 5. The highest BCUT2D eigenvalue weighted by Crippen LogP contribution is 2.35. The molecule has 1 aliphatic carbocycles. The van der Waals surface area contributed by atoms with E-state index in [1.807, 2.05) is 12.4 Å². The summed E-state index contributed by atoms with van der Waals surface area (Å²) in [5.74, 6) is 0. The summed E-state index contributed by atoms with van der Waals surface area (Å²) in [4.78, 5) is 18.3. The Labute approximate surface area is 224 Å². The number of aryl methyl sites for hydroxylation is 1. The molecule has 9 heteroatoms. The number of benzene rings is 1. The molecule has 2 aliphatic rings. The first-order valence-corrected chi connectivity index (χ1v) is 15.5. The van der Waals surface area contributed by atoms with Crippen molar-refractivity contribution < 1.29 is 8.42 Å². The smallest absolute Gasteiger partial charge is 0.211 e. The SMILES string of the molecule is CS(=O)(=O)N1CCN(CCCN(Cc2nccc3c2[nH]c2ccccc23)C2CCCc3cccnc32)CC1. The molecular weight excluding hydrogens is 496 g/mol. The van der Waals surface area contributed by atoms with Crippen LogP contribution in [0.1, 0.15) is 42.3 Å². The highest BCUT2D eigenvalue weighted by molar-refractivity contribution is 7.88. The van der Waals surface area contributed by atoms with E-state index in [9.17, 15) is 8.42 Å². The Morgan fingerprint density at radius 2 is 1.84 bits per heavy atom. The molecule has 38 heavy (non-hydrogen) atoms. The van der Waals surface area contributed by atoms with Crippen molar-refractivity contribution >= 4 is 31.8 Å². The van der Waals surface area contributed by atoms with Crippen LogP contribution < -0.4 is 0 Å². The molecule has 0 bridgehead atoms. The van der Waals surface area contributed by atoms with E-state index >= 15 is 0 Å². The van der Waals surface area contributed by atoms with Crippen LogP contribution in [0.3, 0.4) is 0 Å². The molecule has 4 heterocycles. The lowest BCUT2D eigenvalue weighted by Crippen LogP contribution is -2.48. The van der Waals surface area contributed by atoms with E-state index < -0.39 is 10.0 Å². The second-order valence-corrected chi connectivity index (χ2v) is 12.6. The van der Waals surface area contributed by atoms with Gasteiger partial charge in [-0.2, -0.15) is 4.31 Å². The number of hydrogen-bond acceptors (Lipinski definition) is 6. The van der Waals surface area contributed by atoms with Crippen molar-refractivity contribution in [2.24, 2.45) is 0 Å². The van der Waals surface area contributed by atoms with Gasteiger partial charge in [-0.1, -0.05) is 24.3 Å². The minimum absolute atomic E-state index is 0.267. The van der Waals surface area contributed by atoms with Crippen molar-refractivity contribution in [1.82, 2.24) is 29.1 Å². The maximum atomic E-state index is 11.9. The molecule has 1 saturated heterocycles. The van der Waals surface area contributed by atoms with Crippen molar-refractivity contribution in [2.75, 3.05) is 45.5 Å². The van der Waals surface area contributed by atoms with Gasteiger partial charge in [0.25, 0.3) is 0 Å². The molecule has 200 valence electrons. The number of hydrogen-bond donors (Lipinski definition) is 1. The fourth-order valence-electron chi connectivity index (χ4n) is 6.21. The monoisotopic (exact) mass is 532 g/mol. The lowest BCUT2D eigenvalue weighted by atomic mass is 9.90. The summed E-state index contributed by atoms with van der Waals surface area (Å²) in [5.41, 5.74) is 5.91. The van der Waals surface area contributed by atoms with Crippen LogP contribution in [0, 0.1) is 0 Å². The summed E-state index contributed by atoms with van der Waals surface area (Å²) in [7, 11) is -3.11. The number of piperazine rings is 1. The van der Waals surface area contributed by atoms with Crippen LogP contribution in [-0.4, -0.2) is 83.0 Å². The van der Waals surface area contributed by atoms with Crippen LogP contribution in [0.25, 0.3) is 21.8 Å². The summed E-state index contributed by atoms with van der Waals surface area (Å²) < 4.78 is 25.4. The molecule has 0 radical (unpaired) electrons. The minimum Gasteiger partial charge on any atom is -0.353 e. The Morgan fingerprint density at radius 3 is 2.68 bits per heavy atom. The molecule has 0 spiro atoms. The second-order valence-electron chi connectivity index (χ2n) is 10.6. The van der Waals surface area contributed by atoms with Crippen molar-refractivity contribution in [3.8, 4) is 0 Å². The van der Waals surface area contributed by atoms with E-state index in [0.717, 1.165) is 75.1 Å². The number of aromatic amines is 1. The van der Waals surface area contributed by atoms with Crippen molar-refractivity contribution in [2.45, 2.75) is 38.3 Å². The van der Waals surface area contributed by atoms with Gasteiger partial charge < -0.3 is 9.88 Å². The number of H-pyrrole nitrogens is 1. The highest BCUT2D eigenvalue weighted by atomic mass is 32.2. The largest absolute Gasteiger partial charge is 0.353 e. The van der Waals surface area contributed by atoms with E-state index in [2.05, 4.69) is 57.2 Å². The summed E-state index contributed by atoms with van der Waals surface area (Å²) in [6.45, 7) is 5.38. The molecule has 8 nitrogen and oxygen atoms in total. The zero-order chi connectivity index (χ0) is 26.1. The molecule has 1 unspecified atom stereocenters. The lowest BCUT2D eigenvalue weighted by molar-refractivity contribution is 0.140. The van der Waals surface area contributed by atoms with E-state index in [0.29, 0.717) is 13.1 Å². The first-order chi connectivity index (χ1) is 18.5. The Kier molecular flexibility index (Phi) is 7.18. The van der Waals surface area contributed by atoms with Crippen LogP contribution in [0.15, 0.2) is 54.9 Å². The molecule has 1 N–H and O–H groups in total. The minimum atomic E-state index is -3.11. The van der Waals surface area contributed by atoms with Crippen LogP contribution in [0.4, 0.5) is 0 Å². The quantitative estimate of drug-likeness (QED) is 0.370. The van der Waals surface area contributed by atoms with Gasteiger partial charge >= 0.3 is 0 Å². The summed E-state index contributed by atoms with van der Waals surface area (Å²) in [5, 5.41) is 2.45. The molecule has 6 rings (SSSR count). The Morgan fingerprint density at radius 1 is 1.00 bits per heavy atom. The number of para-hydroxylation sites is 1. The third-order valence-corrected chi connectivity index (χ3v) is 9.49. The summed E-state index contributed by atoms with van der Waals surface area (Å²) >= 11 is 0. The van der Waals surface area contributed by atoms with Gasteiger partial charge in [-0.3, -0.25) is 14.9 Å². The fourth-order valence-corrected chi connectivity index (χ4v) is 7.04. The van der Waals surface area contributed by atoms with Gasteiger partial charge in [-0.15, -0.1) is 0 Å². The van der Waals surface area contributed by atoms with Crippen LogP contribution in [0.2, 0.25) is 0 Å². The maximum absolute atomic E-state index is 11.9. The molecule has 0 amide bonds. The molecular formula is C29H36N6O2S. The van der Waals surface area contributed by atoms with Crippen molar-refractivity contribution in [3.05, 3.63) is 71.8 Å². The standard InChI is InChI=1S/C29H36N6O2S/c1-38(36,37)35-19-17-33(18-20-35)15-6-16-34(27-11-4-7-22-8-5-13-31-28(22)27)21-26-29-24(12-14-30-26)23-9-2-3-10-25(23)32-29/h2-3,5,8-10,12-14,27,32H,4,6-7,11,15-21H2,1H3. The highest BCUT2D eigenvalue weighted by Gasteiger charge is 2.29. The van der Waals surface area contributed by atoms with Crippen LogP contribution in [-0.2, 0) is 23.0 Å². The molecule has 0 saturated carbocycles. The number of aromatic nitrogens is 3. The zero-order valence-electron chi connectivity index (χ0n) is 22.0. The molecule has 1 fully saturated rings. The predicted octanol–water partition coefficient (Wildman–Crippen LogP) is 3.96. The molecule has 1 atom stereocenters. The van der Waals surface area contributed by atoms with Gasteiger partial charge in [0.05, 0.1) is 29.2 Å². The predicted molar refractivity (Wildman–Crippen MR) is 151 cm³/mol. The van der Waals surface area contributed by atoms with Gasteiger partial charge in [0, 0.05) is 68.0 Å². The first kappa shape index (κ1) is 25.4. The third-order valence-electron chi connectivity index (χ3n) is 8.19. The number of nitrogens with one attached hydrogen (secondary N) is 1. The molecule has 3 aromatic heterocycles. The number of sulfonamides is 1. The third kappa shape index (κ3) is 5.20. The van der Waals surface area contributed by atoms with Gasteiger partial charge in [-0.05, 0) is 56.0 Å². The van der Waals surface area contributed by atoms with Crippen molar-refractivity contribution in [1.29, 1.82) is 0 Å². The average molecular weight is 533 g/mol. The summed E-state index contributed by atoms with van der Waals surface area (Å²) in [6.07, 6.45) is 9.53. The number of rotatable bonds is 8. The van der Waals surface area contributed by atoms with E-state index in [1.165, 1.54) is 28.3 Å². The molecule has 1 aliphatic heterocycles. The van der Waals surface area contributed by atoms with E-state index in [1.54, 1.807) is 4.31 Å².